The normalized spacial score (nSPS) is 11.5. The maximum Gasteiger partial charge on any atom is 0.0730 e. The quantitative estimate of drug-likeness (QED) is 0.230. The van der Waals surface area contributed by atoms with Gasteiger partial charge in [0.05, 0.1) is 28.1 Å². The molecule has 0 saturated heterocycles. The third kappa shape index (κ3) is 3.34. The molecule has 3 aromatic heterocycles. The number of halogens is 1. The zero-order valence-electron chi connectivity index (χ0n) is 19.3. The van der Waals surface area contributed by atoms with E-state index in [1.54, 1.807) is 0 Å². The first-order valence-corrected chi connectivity index (χ1v) is 12.7. The standard InChI is InChI=1S/C32H20BrN3/c33-27-19-31-32(25-14-8-7-13-24(25)27)26-20-34-16-15-30(26)36(31)23-17-28(21-9-3-1-4-10-21)35-29(18-23)22-11-5-2-6-12-22/h1-20H. The van der Waals surface area contributed by atoms with Crippen molar-refractivity contribution in [1.82, 2.24) is 14.5 Å². The summed E-state index contributed by atoms with van der Waals surface area (Å²) in [5.41, 5.74) is 7.37. The Balaban J connectivity index is 1.61. The van der Waals surface area contributed by atoms with Gasteiger partial charge in [-0.05, 0) is 35.0 Å². The van der Waals surface area contributed by atoms with E-state index in [9.17, 15) is 0 Å². The zero-order chi connectivity index (χ0) is 24.1. The Morgan fingerprint density at radius 2 is 1.19 bits per heavy atom. The van der Waals surface area contributed by atoms with Gasteiger partial charge in [0, 0.05) is 38.8 Å². The van der Waals surface area contributed by atoms with E-state index in [0.717, 1.165) is 49.1 Å². The van der Waals surface area contributed by atoms with Crippen molar-refractivity contribution in [3.05, 3.63) is 126 Å². The second-order valence-electron chi connectivity index (χ2n) is 8.85. The summed E-state index contributed by atoms with van der Waals surface area (Å²) in [5.74, 6) is 0. The van der Waals surface area contributed by atoms with Crippen LogP contribution in [0.5, 0.6) is 0 Å². The van der Waals surface area contributed by atoms with Gasteiger partial charge in [0.2, 0.25) is 0 Å². The van der Waals surface area contributed by atoms with Crippen molar-refractivity contribution in [2.24, 2.45) is 0 Å². The highest BCUT2D eigenvalue weighted by Gasteiger charge is 2.18. The Morgan fingerprint density at radius 1 is 0.583 bits per heavy atom. The Labute approximate surface area is 216 Å². The number of hydrogen-bond acceptors (Lipinski definition) is 2. The molecule has 0 aliphatic carbocycles. The van der Waals surface area contributed by atoms with Gasteiger partial charge in [-0.1, -0.05) is 101 Å². The van der Waals surface area contributed by atoms with Crippen molar-refractivity contribution in [2.45, 2.75) is 0 Å². The number of pyridine rings is 2. The van der Waals surface area contributed by atoms with Crippen molar-refractivity contribution in [3.63, 3.8) is 0 Å². The summed E-state index contributed by atoms with van der Waals surface area (Å²) in [6, 6.07) is 38.0. The van der Waals surface area contributed by atoms with E-state index >= 15 is 0 Å². The first-order valence-electron chi connectivity index (χ1n) is 11.9. The van der Waals surface area contributed by atoms with Crippen molar-refractivity contribution in [1.29, 1.82) is 0 Å². The van der Waals surface area contributed by atoms with E-state index in [1.807, 2.05) is 24.5 Å². The van der Waals surface area contributed by atoms with Crippen LogP contribution < -0.4 is 0 Å². The van der Waals surface area contributed by atoms with E-state index in [4.69, 9.17) is 4.98 Å². The van der Waals surface area contributed by atoms with Gasteiger partial charge >= 0.3 is 0 Å². The molecule has 170 valence electrons. The minimum atomic E-state index is 0.941. The molecule has 0 atom stereocenters. The van der Waals surface area contributed by atoms with Crippen LogP contribution in [0.25, 0.3) is 60.8 Å². The summed E-state index contributed by atoms with van der Waals surface area (Å²) in [6.45, 7) is 0. The molecule has 7 rings (SSSR count). The molecule has 4 heteroatoms. The van der Waals surface area contributed by atoms with E-state index in [2.05, 4.69) is 123 Å². The topological polar surface area (TPSA) is 30.7 Å². The average Bonchev–Trinajstić information content (AvgIpc) is 3.28. The molecule has 0 fully saturated rings. The maximum absolute atomic E-state index is 5.08. The molecule has 0 radical (unpaired) electrons. The molecule has 0 N–H and O–H groups in total. The van der Waals surface area contributed by atoms with Gasteiger partial charge in [-0.15, -0.1) is 0 Å². The number of fused-ring (bicyclic) bond motifs is 5. The molecular weight excluding hydrogens is 506 g/mol. The Hall–Kier alpha value is -4.28. The lowest BCUT2D eigenvalue weighted by Crippen LogP contribution is -1.98. The Bertz CT molecular complexity index is 1830. The van der Waals surface area contributed by atoms with Crippen molar-refractivity contribution in [3.8, 4) is 28.2 Å². The van der Waals surface area contributed by atoms with Gasteiger partial charge in [-0.25, -0.2) is 4.98 Å². The van der Waals surface area contributed by atoms with E-state index in [-0.39, 0.29) is 0 Å². The molecule has 0 saturated carbocycles. The van der Waals surface area contributed by atoms with Crippen LogP contribution in [0.2, 0.25) is 0 Å². The number of aromatic nitrogens is 3. The molecule has 7 aromatic rings. The minimum absolute atomic E-state index is 0.941. The van der Waals surface area contributed by atoms with Crippen molar-refractivity contribution < 1.29 is 0 Å². The SMILES string of the molecule is Brc1cc2c(c3ccccc13)c1cnccc1n2-c1cc(-c2ccccc2)nc(-c2ccccc2)c1. The fourth-order valence-corrected chi connectivity index (χ4v) is 5.68. The number of nitrogens with zero attached hydrogens (tertiary/aromatic N) is 3. The second kappa shape index (κ2) is 8.43. The highest BCUT2D eigenvalue weighted by molar-refractivity contribution is 9.10. The van der Waals surface area contributed by atoms with Gasteiger partial charge in [0.25, 0.3) is 0 Å². The van der Waals surface area contributed by atoms with E-state index in [1.165, 1.54) is 16.2 Å². The highest BCUT2D eigenvalue weighted by Crippen LogP contribution is 2.40. The fraction of sp³-hybridized carbons (Fsp3) is 0. The summed E-state index contributed by atoms with van der Waals surface area (Å²) in [5, 5.41) is 4.74. The van der Waals surface area contributed by atoms with E-state index in [0.29, 0.717) is 0 Å². The second-order valence-corrected chi connectivity index (χ2v) is 9.71. The molecule has 0 amide bonds. The van der Waals surface area contributed by atoms with Crippen LogP contribution in [-0.4, -0.2) is 14.5 Å². The highest BCUT2D eigenvalue weighted by atomic mass is 79.9. The number of rotatable bonds is 3. The molecule has 0 aliphatic rings. The molecule has 0 unspecified atom stereocenters. The Morgan fingerprint density at radius 3 is 1.86 bits per heavy atom. The van der Waals surface area contributed by atoms with E-state index < -0.39 is 0 Å². The smallest absolute Gasteiger partial charge is 0.0730 e. The molecule has 0 bridgehead atoms. The fourth-order valence-electron chi connectivity index (χ4n) is 5.12. The largest absolute Gasteiger partial charge is 0.309 e. The van der Waals surface area contributed by atoms with Crippen LogP contribution in [-0.2, 0) is 0 Å². The predicted octanol–water partition coefficient (Wildman–Crippen LogP) is 8.82. The molecule has 3 nitrogen and oxygen atoms in total. The zero-order valence-corrected chi connectivity index (χ0v) is 20.9. The van der Waals surface area contributed by atoms with Crippen molar-refractivity contribution >= 4 is 48.5 Å². The van der Waals surface area contributed by atoms with Crippen LogP contribution in [0.1, 0.15) is 0 Å². The molecule has 36 heavy (non-hydrogen) atoms. The van der Waals surface area contributed by atoms with Crippen LogP contribution in [0.3, 0.4) is 0 Å². The summed E-state index contributed by atoms with van der Waals surface area (Å²) in [6.07, 6.45) is 3.85. The average molecular weight is 526 g/mol. The molecule has 3 heterocycles. The molecule has 0 spiro atoms. The van der Waals surface area contributed by atoms with Crippen LogP contribution in [0, 0.1) is 0 Å². The maximum atomic E-state index is 5.08. The third-order valence-electron chi connectivity index (χ3n) is 6.73. The monoisotopic (exact) mass is 525 g/mol. The summed E-state index contributed by atoms with van der Waals surface area (Å²) >= 11 is 3.84. The molecular formula is C32H20BrN3. The summed E-state index contributed by atoms with van der Waals surface area (Å²) in [4.78, 5) is 9.57. The van der Waals surface area contributed by atoms with Crippen LogP contribution in [0.4, 0.5) is 0 Å². The lowest BCUT2D eigenvalue weighted by atomic mass is 10.0. The van der Waals surface area contributed by atoms with Gasteiger partial charge < -0.3 is 4.57 Å². The molecule has 4 aromatic carbocycles. The van der Waals surface area contributed by atoms with Gasteiger partial charge in [-0.2, -0.15) is 0 Å². The number of benzene rings is 4. The third-order valence-corrected chi connectivity index (χ3v) is 7.39. The number of hydrogen-bond donors (Lipinski definition) is 0. The predicted molar refractivity (Wildman–Crippen MR) is 152 cm³/mol. The van der Waals surface area contributed by atoms with Crippen LogP contribution in [0.15, 0.2) is 126 Å². The molecule has 0 aliphatic heterocycles. The minimum Gasteiger partial charge on any atom is -0.309 e. The first-order chi connectivity index (χ1) is 17.8. The lowest BCUT2D eigenvalue weighted by molar-refractivity contribution is 1.15. The van der Waals surface area contributed by atoms with Gasteiger partial charge in [0.15, 0.2) is 0 Å². The van der Waals surface area contributed by atoms with Gasteiger partial charge in [-0.3, -0.25) is 4.98 Å². The van der Waals surface area contributed by atoms with Crippen molar-refractivity contribution in [2.75, 3.05) is 0 Å². The van der Waals surface area contributed by atoms with Crippen LogP contribution >= 0.6 is 15.9 Å². The Kier molecular flexibility index (Phi) is 4.93. The first kappa shape index (κ1) is 21.0. The lowest BCUT2D eigenvalue weighted by Gasteiger charge is -2.13. The summed E-state index contributed by atoms with van der Waals surface area (Å²) < 4.78 is 3.41. The van der Waals surface area contributed by atoms with Gasteiger partial charge in [0.1, 0.15) is 0 Å². The summed E-state index contributed by atoms with van der Waals surface area (Å²) in [7, 11) is 0.